The Labute approximate surface area is 365 Å². The number of benzene rings is 2. The van der Waals surface area contributed by atoms with E-state index in [1.807, 2.05) is 49.9 Å². The van der Waals surface area contributed by atoms with Crippen LogP contribution < -0.4 is 10.6 Å². The van der Waals surface area contributed by atoms with Crippen LogP contribution in [-0.2, 0) is 19.1 Å². The molecule has 5 aliphatic rings. The van der Waals surface area contributed by atoms with Gasteiger partial charge >= 0.3 is 12.2 Å². The van der Waals surface area contributed by atoms with E-state index in [-0.39, 0.29) is 35.7 Å². The number of amides is 4. The molecule has 0 unspecified atom stereocenters. The SMILES string of the molecule is COC(=O)N[C@H](C(=O)N1C[Si]2(CCCC2)C[C@H]1c1ncc(-c2ccc3c(c2)-c2ccc(-c4cnc([C@@H]5C[Si]6(CCCC6)CN5C(=O)[C@@H](NC(=O)OC)C(C)C)[nH]4)cc2-3)[nH]1)C(C)C. The highest BCUT2D eigenvalue weighted by Gasteiger charge is 2.53. The van der Waals surface area contributed by atoms with E-state index in [9.17, 15) is 19.2 Å². The predicted octanol–water partition coefficient (Wildman–Crippen LogP) is 8.21. The zero-order valence-corrected chi connectivity index (χ0v) is 38.8. The molecule has 16 heteroatoms. The highest BCUT2D eigenvalue weighted by molar-refractivity contribution is 6.82. The average Bonchev–Trinajstić information content (AvgIpc) is 4.14. The van der Waals surface area contributed by atoms with E-state index in [0.29, 0.717) is 0 Å². The van der Waals surface area contributed by atoms with E-state index >= 15 is 0 Å². The van der Waals surface area contributed by atoms with Crippen LogP contribution in [0.4, 0.5) is 9.59 Å². The van der Waals surface area contributed by atoms with E-state index in [4.69, 9.17) is 19.4 Å². The van der Waals surface area contributed by atoms with Crippen molar-refractivity contribution in [3.8, 4) is 44.8 Å². The number of alkyl carbamates (subject to hydrolysis) is 2. The second-order valence-electron chi connectivity index (χ2n) is 19.4. The molecule has 2 spiro atoms. The molecule has 0 radical (unpaired) electrons. The van der Waals surface area contributed by atoms with Gasteiger partial charge in [-0.15, -0.1) is 0 Å². The number of aromatic amines is 2. The minimum atomic E-state index is -1.69. The molecule has 6 heterocycles. The maximum atomic E-state index is 14.2. The molecule has 328 valence electrons. The number of aromatic nitrogens is 4. The van der Waals surface area contributed by atoms with E-state index in [1.54, 1.807) is 0 Å². The lowest BCUT2D eigenvalue weighted by Crippen LogP contribution is -2.52. The van der Waals surface area contributed by atoms with Crippen LogP contribution in [0.2, 0.25) is 36.3 Å². The molecular weight excluding hydrogens is 817 g/mol. The lowest BCUT2D eigenvalue weighted by Gasteiger charge is -2.30. The second-order valence-corrected chi connectivity index (χ2v) is 28.8. The molecule has 4 amide bonds. The van der Waals surface area contributed by atoms with E-state index in [1.165, 1.54) is 86.3 Å². The van der Waals surface area contributed by atoms with Gasteiger partial charge in [0.25, 0.3) is 0 Å². The number of nitrogens with one attached hydrogen (secondary N) is 4. The van der Waals surface area contributed by atoms with Crippen molar-refractivity contribution in [2.75, 3.05) is 26.6 Å². The third kappa shape index (κ3) is 7.56. The summed E-state index contributed by atoms with van der Waals surface area (Å²) in [6.07, 6.45) is 9.07. The van der Waals surface area contributed by atoms with Gasteiger partial charge in [-0.3, -0.25) is 9.59 Å². The number of carbonyl (C=O) groups excluding carboxylic acids is 4. The summed E-state index contributed by atoms with van der Waals surface area (Å²) in [5.41, 5.74) is 8.63. The van der Waals surface area contributed by atoms with Gasteiger partial charge < -0.3 is 39.9 Å². The van der Waals surface area contributed by atoms with Gasteiger partial charge in [0.15, 0.2) is 0 Å². The summed E-state index contributed by atoms with van der Waals surface area (Å²) in [6.45, 7) is 7.81. The van der Waals surface area contributed by atoms with Crippen LogP contribution in [0.5, 0.6) is 0 Å². The number of ether oxygens (including phenoxy) is 2. The number of fused-ring (bicyclic) bond motifs is 4. The fraction of sp³-hybridized carbons (Fsp3) is 0.522. The van der Waals surface area contributed by atoms with Crippen molar-refractivity contribution in [3.63, 3.8) is 0 Å². The first-order valence-corrected chi connectivity index (χ1v) is 28.2. The van der Waals surface area contributed by atoms with Gasteiger partial charge in [0.05, 0.1) is 66.2 Å². The van der Waals surface area contributed by atoms with Crippen molar-refractivity contribution in [2.45, 2.75) is 114 Å². The van der Waals surface area contributed by atoms with Gasteiger partial charge in [-0.05, 0) is 58.3 Å². The van der Waals surface area contributed by atoms with Crippen LogP contribution in [0.25, 0.3) is 44.8 Å². The Bertz CT molecular complexity index is 2200. The number of hydrogen-bond donors (Lipinski definition) is 4. The summed E-state index contributed by atoms with van der Waals surface area (Å²) in [6, 6.07) is 18.3. The Hall–Kier alpha value is -5.23. The molecule has 4 fully saturated rings. The van der Waals surface area contributed by atoms with Gasteiger partial charge in [-0.25, -0.2) is 19.6 Å². The first-order chi connectivity index (χ1) is 29.8. The Morgan fingerprint density at radius 3 is 1.37 bits per heavy atom. The van der Waals surface area contributed by atoms with Crippen molar-refractivity contribution in [1.82, 2.24) is 40.4 Å². The molecule has 4 aliphatic heterocycles. The Kier molecular flexibility index (Phi) is 11.2. The summed E-state index contributed by atoms with van der Waals surface area (Å²) >= 11 is 0. The molecule has 14 nitrogen and oxygen atoms in total. The summed E-state index contributed by atoms with van der Waals surface area (Å²) in [5, 5.41) is 5.61. The molecule has 2 aromatic heterocycles. The van der Waals surface area contributed by atoms with Crippen LogP contribution in [0.15, 0.2) is 48.8 Å². The molecule has 62 heavy (non-hydrogen) atoms. The second kappa shape index (κ2) is 16.5. The number of methoxy groups -OCH3 is 2. The topological polar surface area (TPSA) is 175 Å². The molecule has 4 aromatic rings. The predicted molar refractivity (Wildman–Crippen MR) is 242 cm³/mol. The van der Waals surface area contributed by atoms with Gasteiger partial charge in [-0.2, -0.15) is 0 Å². The zero-order valence-electron chi connectivity index (χ0n) is 36.8. The molecule has 4 saturated heterocycles. The smallest absolute Gasteiger partial charge is 0.407 e. The molecule has 9 rings (SSSR count). The molecule has 2 aromatic carbocycles. The van der Waals surface area contributed by atoms with Crippen molar-refractivity contribution in [1.29, 1.82) is 0 Å². The van der Waals surface area contributed by atoms with Crippen LogP contribution >= 0.6 is 0 Å². The fourth-order valence-electron chi connectivity index (χ4n) is 11.4. The standard InChI is InChI=1S/C46H60N8O6Si2/c1-27(2)39(51-45(57)59-5)43(55)53-25-61(15-7-8-16-61)23-37(53)41-47-21-35(49-41)29-11-13-31-33(19-29)32-14-12-30(20-34(31)32)36-22-48-42(50-36)38-24-62(17-9-10-18-62)26-54(38)44(56)40(28(3)4)52-46(58)60-6/h11-14,19-22,27-28,37-40H,7-10,15-18,23-26H2,1-6H3,(H,47,49)(H,48,50)(H,51,57)(H,52,58)/t37-,38-,39-,40-/m0/s1. The molecule has 4 N–H and O–H groups in total. The minimum absolute atomic E-state index is 0.0625. The molecule has 0 saturated carbocycles. The number of hydrogen-bond acceptors (Lipinski definition) is 8. The number of nitrogens with zero attached hydrogens (tertiary/aromatic N) is 4. The highest BCUT2D eigenvalue weighted by Crippen LogP contribution is 2.51. The Balaban J connectivity index is 0.932. The van der Waals surface area contributed by atoms with Gasteiger partial charge in [0.2, 0.25) is 11.8 Å². The monoisotopic (exact) mass is 876 g/mol. The largest absolute Gasteiger partial charge is 0.453 e. The van der Waals surface area contributed by atoms with Crippen LogP contribution in [-0.4, -0.2) is 109 Å². The molecular formula is C46H60N8O6Si2. The Morgan fingerprint density at radius 2 is 1.02 bits per heavy atom. The van der Waals surface area contributed by atoms with Gasteiger partial charge in [0.1, 0.15) is 23.7 Å². The number of imidazole rings is 2. The molecule has 0 bridgehead atoms. The van der Waals surface area contributed by atoms with Crippen molar-refractivity contribution < 1.29 is 28.7 Å². The van der Waals surface area contributed by atoms with Crippen molar-refractivity contribution >= 4 is 40.1 Å². The third-order valence-corrected chi connectivity index (χ3v) is 24.9. The fourth-order valence-corrected chi connectivity index (χ4v) is 22.3. The van der Waals surface area contributed by atoms with Crippen LogP contribution in [0, 0.1) is 11.8 Å². The molecule has 4 atom stereocenters. The summed E-state index contributed by atoms with van der Waals surface area (Å²) < 4.78 is 9.76. The molecule has 1 aliphatic carbocycles. The first kappa shape index (κ1) is 42.1. The lowest BCUT2D eigenvalue weighted by molar-refractivity contribution is -0.135. The maximum Gasteiger partial charge on any atom is 0.407 e. The number of rotatable bonds is 10. The summed E-state index contributed by atoms with van der Waals surface area (Å²) in [5.74, 6) is 1.30. The van der Waals surface area contributed by atoms with Crippen LogP contribution in [0.3, 0.4) is 0 Å². The van der Waals surface area contributed by atoms with Crippen LogP contribution in [0.1, 0.15) is 77.1 Å². The van der Waals surface area contributed by atoms with E-state index < -0.39 is 40.4 Å². The normalized spacial score (nSPS) is 21.5. The van der Waals surface area contributed by atoms with E-state index in [0.717, 1.165) is 58.6 Å². The van der Waals surface area contributed by atoms with E-state index in [2.05, 4.69) is 57.0 Å². The number of H-pyrrole nitrogens is 2. The lowest BCUT2D eigenvalue weighted by atomic mass is 9.78. The number of carbonyl (C=O) groups is 4. The minimum Gasteiger partial charge on any atom is -0.453 e. The zero-order chi connectivity index (χ0) is 43.5. The Morgan fingerprint density at radius 1 is 0.629 bits per heavy atom. The third-order valence-electron chi connectivity index (χ3n) is 14.8. The first-order valence-electron chi connectivity index (χ1n) is 22.5. The summed E-state index contributed by atoms with van der Waals surface area (Å²) in [7, 11) is -0.726. The van der Waals surface area contributed by atoms with Gasteiger partial charge in [0, 0.05) is 23.5 Å². The van der Waals surface area contributed by atoms with Crippen molar-refractivity contribution in [2.24, 2.45) is 11.8 Å². The van der Waals surface area contributed by atoms with Crippen molar-refractivity contribution in [3.05, 3.63) is 60.4 Å². The van der Waals surface area contributed by atoms with Gasteiger partial charge in [-0.1, -0.05) is 102 Å². The highest BCUT2D eigenvalue weighted by atomic mass is 28.3. The maximum absolute atomic E-state index is 14.2. The average molecular weight is 877 g/mol. The quantitative estimate of drug-likeness (QED) is 0.102. The summed E-state index contributed by atoms with van der Waals surface area (Å²) in [4.78, 5) is 74.0.